The van der Waals surface area contributed by atoms with Crippen molar-refractivity contribution in [1.29, 1.82) is 0 Å². The van der Waals surface area contributed by atoms with Crippen LogP contribution in [0.15, 0.2) is 47.1 Å². The normalized spacial score (nSPS) is 21.7. The van der Waals surface area contributed by atoms with Gasteiger partial charge in [0.1, 0.15) is 22.3 Å². The molecule has 7 nitrogen and oxygen atoms in total. The predicted octanol–water partition coefficient (Wildman–Crippen LogP) is 2.28. The number of para-hydroxylation sites is 1. The zero-order chi connectivity index (χ0) is 20.1. The van der Waals surface area contributed by atoms with Crippen LogP contribution >= 0.6 is 0 Å². The molecular formula is C20H22N2O5. The van der Waals surface area contributed by atoms with Gasteiger partial charge in [0.25, 0.3) is 0 Å². The number of nitrogens with two attached hydrogens (primary N) is 1. The van der Waals surface area contributed by atoms with E-state index in [1.807, 2.05) is 0 Å². The zero-order valence-electron chi connectivity index (χ0n) is 15.9. The van der Waals surface area contributed by atoms with Crippen LogP contribution < -0.4 is 11.1 Å². The summed E-state index contributed by atoms with van der Waals surface area (Å²) >= 11 is 0. The Morgan fingerprint density at radius 3 is 2.41 bits per heavy atom. The molecule has 27 heavy (non-hydrogen) atoms. The second-order valence-corrected chi connectivity index (χ2v) is 7.58. The van der Waals surface area contributed by atoms with Crippen molar-refractivity contribution in [3.63, 3.8) is 0 Å². The highest BCUT2D eigenvalue weighted by Gasteiger charge is 2.60. The molecule has 3 rings (SSSR count). The van der Waals surface area contributed by atoms with Crippen LogP contribution in [0.1, 0.15) is 40.2 Å². The van der Waals surface area contributed by atoms with Crippen LogP contribution in [0.4, 0.5) is 5.69 Å². The Morgan fingerprint density at radius 2 is 1.81 bits per heavy atom. The van der Waals surface area contributed by atoms with Crippen LogP contribution in [-0.4, -0.2) is 23.3 Å². The predicted molar refractivity (Wildman–Crippen MR) is 98.3 cm³/mol. The Bertz CT molecular complexity index is 936. The van der Waals surface area contributed by atoms with Crippen LogP contribution in [0.5, 0.6) is 0 Å². The average molecular weight is 370 g/mol. The molecule has 1 amide bonds. The molecule has 2 aliphatic heterocycles. The lowest BCUT2D eigenvalue weighted by molar-refractivity contribution is -0.151. The van der Waals surface area contributed by atoms with E-state index in [9.17, 15) is 14.4 Å². The van der Waals surface area contributed by atoms with Gasteiger partial charge in [0.05, 0.1) is 5.57 Å². The molecule has 1 spiro atoms. The molecule has 0 fully saturated rings. The maximum absolute atomic E-state index is 13.2. The SMILES string of the molecule is CC(=O)C1=C(C)OC(N)=C(C(=O)OC(C)(C)C)[C@@]12C(=O)Nc1ccccc12. The number of rotatable bonds is 2. The lowest BCUT2D eigenvalue weighted by Gasteiger charge is -2.36. The van der Waals surface area contributed by atoms with Crippen molar-refractivity contribution in [2.75, 3.05) is 5.32 Å². The molecule has 0 unspecified atom stereocenters. The number of ether oxygens (including phenoxy) is 2. The van der Waals surface area contributed by atoms with E-state index in [1.54, 1.807) is 52.0 Å². The van der Waals surface area contributed by atoms with E-state index in [0.717, 1.165) is 0 Å². The summed E-state index contributed by atoms with van der Waals surface area (Å²) < 4.78 is 11.0. The van der Waals surface area contributed by atoms with E-state index in [4.69, 9.17) is 15.2 Å². The molecule has 0 bridgehead atoms. The molecule has 0 aliphatic carbocycles. The van der Waals surface area contributed by atoms with Crippen molar-refractivity contribution >= 4 is 23.3 Å². The Balaban J connectivity index is 2.36. The monoisotopic (exact) mass is 370 g/mol. The van der Waals surface area contributed by atoms with Crippen LogP contribution in [0.25, 0.3) is 0 Å². The molecule has 0 aromatic heterocycles. The minimum atomic E-state index is -1.71. The third kappa shape index (κ3) is 2.70. The molecule has 142 valence electrons. The summed E-state index contributed by atoms with van der Waals surface area (Å²) in [5.41, 5.74) is 4.37. The Labute approximate surface area is 157 Å². The quantitative estimate of drug-likeness (QED) is 0.774. The smallest absolute Gasteiger partial charge is 0.341 e. The first-order chi connectivity index (χ1) is 12.5. The van der Waals surface area contributed by atoms with Gasteiger partial charge in [-0.1, -0.05) is 18.2 Å². The minimum Gasteiger partial charge on any atom is -0.456 e. The van der Waals surface area contributed by atoms with Gasteiger partial charge in [0, 0.05) is 11.3 Å². The average Bonchev–Trinajstić information content (AvgIpc) is 2.78. The van der Waals surface area contributed by atoms with Crippen molar-refractivity contribution < 1.29 is 23.9 Å². The summed E-state index contributed by atoms with van der Waals surface area (Å²) in [4.78, 5) is 38.9. The maximum atomic E-state index is 13.2. The number of anilines is 1. The van der Waals surface area contributed by atoms with Crippen LogP contribution in [-0.2, 0) is 29.3 Å². The topological polar surface area (TPSA) is 108 Å². The van der Waals surface area contributed by atoms with E-state index < -0.39 is 28.7 Å². The molecular weight excluding hydrogens is 348 g/mol. The molecule has 0 saturated heterocycles. The fraction of sp³-hybridized carbons (Fsp3) is 0.350. The second-order valence-electron chi connectivity index (χ2n) is 7.58. The molecule has 1 aromatic carbocycles. The summed E-state index contributed by atoms with van der Waals surface area (Å²) in [5, 5.41) is 2.75. The Hall–Kier alpha value is -3.09. The third-order valence-electron chi connectivity index (χ3n) is 4.49. The maximum Gasteiger partial charge on any atom is 0.341 e. The number of ketones is 1. The standard InChI is InChI=1S/C20H22N2O5/c1-10(23)14-11(2)26-16(21)15(17(24)27-19(3,4)5)20(14)12-8-6-7-9-13(12)22-18(20)25/h6-9H,21H2,1-5H3,(H,22,25)/t20-/m0/s1. The fourth-order valence-corrected chi connectivity index (χ4v) is 3.69. The largest absolute Gasteiger partial charge is 0.456 e. The van der Waals surface area contributed by atoms with Gasteiger partial charge in [0.15, 0.2) is 5.78 Å². The number of fused-ring (bicyclic) bond motifs is 2. The number of carbonyl (C=O) groups is 3. The zero-order valence-corrected chi connectivity index (χ0v) is 15.9. The van der Waals surface area contributed by atoms with Crippen molar-refractivity contribution in [3.8, 4) is 0 Å². The van der Waals surface area contributed by atoms with Crippen molar-refractivity contribution in [1.82, 2.24) is 0 Å². The van der Waals surface area contributed by atoms with Gasteiger partial charge >= 0.3 is 5.97 Å². The number of allylic oxidation sites excluding steroid dienone is 1. The number of hydrogen-bond donors (Lipinski definition) is 2. The first-order valence-corrected chi connectivity index (χ1v) is 8.54. The van der Waals surface area contributed by atoms with Gasteiger partial charge in [-0.05, 0) is 40.7 Å². The molecule has 1 atom stereocenters. The first-order valence-electron chi connectivity index (χ1n) is 8.54. The van der Waals surface area contributed by atoms with E-state index in [2.05, 4.69) is 5.32 Å². The Kier molecular flexibility index (Phi) is 4.14. The van der Waals surface area contributed by atoms with Crippen LogP contribution in [0, 0.1) is 0 Å². The molecule has 1 aromatic rings. The van der Waals surface area contributed by atoms with E-state index in [1.165, 1.54) is 6.92 Å². The van der Waals surface area contributed by atoms with Crippen LogP contribution in [0.2, 0.25) is 0 Å². The fourth-order valence-electron chi connectivity index (χ4n) is 3.69. The number of carbonyl (C=O) groups excluding carboxylic acids is 3. The van der Waals surface area contributed by atoms with Crippen molar-refractivity contribution in [3.05, 3.63) is 52.6 Å². The molecule has 7 heteroatoms. The van der Waals surface area contributed by atoms with E-state index >= 15 is 0 Å². The number of nitrogens with one attached hydrogen (secondary N) is 1. The number of amides is 1. The van der Waals surface area contributed by atoms with Gasteiger partial charge in [0.2, 0.25) is 11.8 Å². The van der Waals surface area contributed by atoms with Gasteiger partial charge in [-0.15, -0.1) is 0 Å². The van der Waals surface area contributed by atoms with Gasteiger partial charge < -0.3 is 20.5 Å². The van der Waals surface area contributed by atoms with E-state index in [0.29, 0.717) is 11.3 Å². The van der Waals surface area contributed by atoms with Gasteiger partial charge in [-0.2, -0.15) is 0 Å². The number of hydrogen-bond acceptors (Lipinski definition) is 6. The minimum absolute atomic E-state index is 0.0695. The highest BCUT2D eigenvalue weighted by Crippen LogP contribution is 2.52. The third-order valence-corrected chi connectivity index (χ3v) is 4.49. The molecule has 2 heterocycles. The molecule has 0 radical (unpaired) electrons. The summed E-state index contributed by atoms with van der Waals surface area (Å²) in [6.07, 6.45) is 0. The van der Waals surface area contributed by atoms with Gasteiger partial charge in [-0.3, -0.25) is 9.59 Å². The summed E-state index contributed by atoms with van der Waals surface area (Å²) in [6, 6.07) is 6.87. The van der Waals surface area contributed by atoms with Crippen molar-refractivity contribution in [2.24, 2.45) is 5.73 Å². The summed E-state index contributed by atoms with van der Waals surface area (Å²) in [6.45, 7) is 7.98. The molecule has 3 N–H and O–H groups in total. The van der Waals surface area contributed by atoms with E-state index in [-0.39, 0.29) is 22.8 Å². The summed E-state index contributed by atoms with van der Waals surface area (Å²) in [5.74, 6) is -1.82. The number of benzene rings is 1. The first kappa shape index (κ1) is 18.7. The number of Topliss-reactive ketones (excluding diaryl/α,β-unsaturated/α-hetero) is 1. The molecule has 2 aliphatic rings. The van der Waals surface area contributed by atoms with Crippen molar-refractivity contribution in [2.45, 2.75) is 45.6 Å². The van der Waals surface area contributed by atoms with Crippen LogP contribution in [0.3, 0.4) is 0 Å². The lowest BCUT2D eigenvalue weighted by Crippen LogP contribution is -2.48. The molecule has 0 saturated carbocycles. The van der Waals surface area contributed by atoms with Gasteiger partial charge in [-0.25, -0.2) is 4.79 Å². The lowest BCUT2D eigenvalue weighted by atomic mass is 9.66. The Morgan fingerprint density at radius 1 is 1.19 bits per heavy atom. The number of esters is 1. The second kappa shape index (κ2) is 5.97. The summed E-state index contributed by atoms with van der Waals surface area (Å²) in [7, 11) is 0. The highest BCUT2D eigenvalue weighted by molar-refractivity contribution is 6.22. The highest BCUT2D eigenvalue weighted by atomic mass is 16.6.